The summed E-state index contributed by atoms with van der Waals surface area (Å²) in [5.41, 5.74) is 1.28. The molecule has 1 aromatic carbocycles. The molecule has 0 saturated heterocycles. The van der Waals surface area contributed by atoms with Gasteiger partial charge in [0, 0.05) is 29.3 Å². The Bertz CT molecular complexity index is 493. The van der Waals surface area contributed by atoms with Gasteiger partial charge in [-0.1, -0.05) is 30.3 Å². The van der Waals surface area contributed by atoms with Crippen LogP contribution < -0.4 is 5.32 Å². The monoisotopic (exact) mass is 241 g/mol. The average molecular weight is 241 g/mol. The molecular weight excluding hydrogens is 226 g/mol. The lowest BCUT2D eigenvalue weighted by molar-refractivity contribution is 0.709. The molecule has 2 heteroatoms. The van der Waals surface area contributed by atoms with Crippen molar-refractivity contribution >= 4 is 11.3 Å². The molecule has 0 amide bonds. The number of hydrogen-bond donors (Lipinski definition) is 1. The van der Waals surface area contributed by atoms with Crippen molar-refractivity contribution < 1.29 is 0 Å². The van der Waals surface area contributed by atoms with Gasteiger partial charge < -0.3 is 5.32 Å². The Labute approximate surface area is 107 Å². The summed E-state index contributed by atoms with van der Waals surface area (Å²) in [5.74, 6) is 2.63. The first-order valence-corrected chi connectivity index (χ1v) is 6.50. The maximum atomic E-state index is 5.20. The fourth-order valence-electron chi connectivity index (χ4n) is 1.60. The SMILES string of the molecule is C#CCCNCc1ccc(-c2ccccc2)s1. The summed E-state index contributed by atoms with van der Waals surface area (Å²) in [7, 11) is 0. The first kappa shape index (κ1) is 11.9. The zero-order valence-electron chi connectivity index (χ0n) is 9.65. The van der Waals surface area contributed by atoms with Crippen LogP contribution in [0.15, 0.2) is 42.5 Å². The minimum atomic E-state index is 0.789. The van der Waals surface area contributed by atoms with Crippen molar-refractivity contribution in [3.8, 4) is 22.8 Å². The van der Waals surface area contributed by atoms with Crippen molar-refractivity contribution in [2.75, 3.05) is 6.54 Å². The second kappa shape index (κ2) is 6.24. The molecule has 0 atom stereocenters. The molecule has 0 radical (unpaired) electrons. The summed E-state index contributed by atoms with van der Waals surface area (Å²) in [4.78, 5) is 2.67. The Hall–Kier alpha value is -1.56. The number of hydrogen-bond acceptors (Lipinski definition) is 2. The summed E-state index contributed by atoms with van der Waals surface area (Å²) in [6.45, 7) is 1.79. The van der Waals surface area contributed by atoms with Crippen molar-refractivity contribution in [1.29, 1.82) is 0 Å². The molecule has 0 aliphatic carbocycles. The summed E-state index contributed by atoms with van der Waals surface area (Å²) >= 11 is 1.83. The summed E-state index contributed by atoms with van der Waals surface area (Å²) in [5, 5.41) is 3.34. The van der Waals surface area contributed by atoms with Crippen molar-refractivity contribution in [3.63, 3.8) is 0 Å². The van der Waals surface area contributed by atoms with E-state index in [9.17, 15) is 0 Å². The zero-order valence-corrected chi connectivity index (χ0v) is 10.5. The van der Waals surface area contributed by atoms with Gasteiger partial charge in [0.25, 0.3) is 0 Å². The van der Waals surface area contributed by atoms with E-state index in [4.69, 9.17) is 6.42 Å². The summed E-state index contributed by atoms with van der Waals surface area (Å²) in [6.07, 6.45) is 5.99. The molecule has 1 N–H and O–H groups in total. The highest BCUT2D eigenvalue weighted by Crippen LogP contribution is 2.27. The second-order valence-corrected chi connectivity index (χ2v) is 4.93. The van der Waals surface area contributed by atoms with E-state index in [0.29, 0.717) is 0 Å². The quantitative estimate of drug-likeness (QED) is 0.624. The molecule has 17 heavy (non-hydrogen) atoms. The van der Waals surface area contributed by atoms with Crippen LogP contribution in [0.1, 0.15) is 11.3 Å². The maximum Gasteiger partial charge on any atom is 0.0346 e. The van der Waals surface area contributed by atoms with Gasteiger partial charge >= 0.3 is 0 Å². The van der Waals surface area contributed by atoms with E-state index in [2.05, 4.69) is 47.6 Å². The molecule has 0 aliphatic heterocycles. The Kier molecular flexibility index (Phi) is 4.37. The van der Waals surface area contributed by atoms with E-state index in [1.165, 1.54) is 15.3 Å². The fourth-order valence-corrected chi connectivity index (χ4v) is 2.59. The number of benzene rings is 1. The first-order chi connectivity index (χ1) is 8.40. The minimum absolute atomic E-state index is 0.789. The lowest BCUT2D eigenvalue weighted by Crippen LogP contribution is -2.12. The Balaban J connectivity index is 1.95. The van der Waals surface area contributed by atoms with Crippen LogP contribution in [0.2, 0.25) is 0 Å². The van der Waals surface area contributed by atoms with E-state index >= 15 is 0 Å². The van der Waals surface area contributed by atoms with Crippen LogP contribution in [0.3, 0.4) is 0 Å². The largest absolute Gasteiger partial charge is 0.311 e. The van der Waals surface area contributed by atoms with Gasteiger partial charge in [-0.15, -0.1) is 23.7 Å². The average Bonchev–Trinajstić information content (AvgIpc) is 2.85. The van der Waals surface area contributed by atoms with E-state index in [0.717, 1.165) is 19.5 Å². The van der Waals surface area contributed by atoms with Crippen molar-refractivity contribution in [2.24, 2.45) is 0 Å². The molecule has 86 valence electrons. The zero-order chi connectivity index (χ0) is 11.9. The second-order valence-electron chi connectivity index (χ2n) is 3.76. The Morgan fingerprint density at radius 3 is 2.71 bits per heavy atom. The van der Waals surface area contributed by atoms with Crippen LogP contribution >= 0.6 is 11.3 Å². The molecule has 0 saturated carbocycles. The summed E-state index contributed by atoms with van der Waals surface area (Å²) < 4.78 is 0. The van der Waals surface area contributed by atoms with E-state index in [1.807, 2.05) is 17.4 Å². The molecule has 2 rings (SSSR count). The molecule has 0 spiro atoms. The van der Waals surface area contributed by atoms with E-state index in [1.54, 1.807) is 0 Å². The number of nitrogens with one attached hydrogen (secondary N) is 1. The van der Waals surface area contributed by atoms with Crippen molar-refractivity contribution in [1.82, 2.24) is 5.32 Å². The predicted octanol–water partition coefficient (Wildman–Crippen LogP) is 3.53. The van der Waals surface area contributed by atoms with Crippen LogP contribution in [0, 0.1) is 12.3 Å². The highest BCUT2D eigenvalue weighted by Gasteiger charge is 2.01. The van der Waals surface area contributed by atoms with Gasteiger partial charge in [-0.25, -0.2) is 0 Å². The number of terminal acetylenes is 1. The van der Waals surface area contributed by atoms with Gasteiger partial charge in [0.05, 0.1) is 0 Å². The Morgan fingerprint density at radius 2 is 1.94 bits per heavy atom. The Morgan fingerprint density at radius 1 is 1.12 bits per heavy atom. The minimum Gasteiger partial charge on any atom is -0.311 e. The van der Waals surface area contributed by atoms with Crippen LogP contribution in [0.25, 0.3) is 10.4 Å². The van der Waals surface area contributed by atoms with Gasteiger partial charge in [0.2, 0.25) is 0 Å². The fraction of sp³-hybridized carbons (Fsp3) is 0.200. The highest BCUT2D eigenvalue weighted by atomic mass is 32.1. The lowest BCUT2D eigenvalue weighted by Gasteiger charge is -1.99. The standard InChI is InChI=1S/C15H15NS/c1-2-3-11-16-12-14-9-10-15(17-14)13-7-5-4-6-8-13/h1,4-10,16H,3,11-12H2. The molecule has 0 bridgehead atoms. The van der Waals surface area contributed by atoms with Crippen molar-refractivity contribution in [2.45, 2.75) is 13.0 Å². The molecule has 2 aromatic rings. The van der Waals surface area contributed by atoms with Crippen LogP contribution in [-0.2, 0) is 6.54 Å². The molecule has 0 aliphatic rings. The molecule has 1 heterocycles. The van der Waals surface area contributed by atoms with Crippen LogP contribution in [0.5, 0.6) is 0 Å². The molecule has 0 fully saturated rings. The molecular formula is C15H15NS. The topological polar surface area (TPSA) is 12.0 Å². The van der Waals surface area contributed by atoms with E-state index in [-0.39, 0.29) is 0 Å². The van der Waals surface area contributed by atoms with E-state index < -0.39 is 0 Å². The molecule has 0 unspecified atom stereocenters. The van der Waals surface area contributed by atoms with Crippen molar-refractivity contribution in [3.05, 3.63) is 47.3 Å². The van der Waals surface area contributed by atoms with Gasteiger partial charge in [-0.05, 0) is 17.7 Å². The normalized spacial score (nSPS) is 10.1. The lowest BCUT2D eigenvalue weighted by atomic mass is 10.2. The third kappa shape index (κ3) is 3.45. The summed E-state index contributed by atoms with van der Waals surface area (Å²) in [6, 6.07) is 14.8. The maximum absolute atomic E-state index is 5.20. The third-order valence-electron chi connectivity index (χ3n) is 2.47. The van der Waals surface area contributed by atoms with Gasteiger partial charge in [-0.3, -0.25) is 0 Å². The van der Waals surface area contributed by atoms with Gasteiger partial charge in [0.1, 0.15) is 0 Å². The molecule has 1 aromatic heterocycles. The third-order valence-corrected chi connectivity index (χ3v) is 3.60. The number of rotatable bonds is 5. The predicted molar refractivity (Wildman–Crippen MR) is 74.9 cm³/mol. The highest BCUT2D eigenvalue weighted by molar-refractivity contribution is 7.15. The smallest absolute Gasteiger partial charge is 0.0346 e. The number of thiophene rings is 1. The first-order valence-electron chi connectivity index (χ1n) is 5.68. The van der Waals surface area contributed by atoms with Gasteiger partial charge in [0.15, 0.2) is 0 Å². The van der Waals surface area contributed by atoms with Crippen LogP contribution in [0.4, 0.5) is 0 Å². The van der Waals surface area contributed by atoms with Gasteiger partial charge in [-0.2, -0.15) is 0 Å². The molecule has 1 nitrogen and oxygen atoms in total. The van der Waals surface area contributed by atoms with Crippen LogP contribution in [-0.4, -0.2) is 6.54 Å².